The monoisotopic (exact) mass is 338 g/mol. The molecule has 1 aromatic carbocycles. The lowest BCUT2D eigenvalue weighted by Crippen LogP contribution is -2.23. The standard InChI is InChI=1S/C18H18N4O3/c1-12-9-16(22-21-12)17(23)20-11-13-5-4-8-19-18(13)25-15-7-3-6-14(10-15)24-2/h3-10H,11H2,1-2H3,(H,20,23)(H,21,22). The third-order valence-electron chi connectivity index (χ3n) is 3.48. The van der Waals surface area contributed by atoms with Crippen LogP contribution in [0.5, 0.6) is 17.4 Å². The number of H-pyrrole nitrogens is 1. The Labute approximate surface area is 145 Å². The number of methoxy groups -OCH3 is 1. The average Bonchev–Trinajstić information content (AvgIpc) is 3.07. The quantitative estimate of drug-likeness (QED) is 0.721. The predicted octanol–water partition coefficient (Wildman–Crippen LogP) is 2.84. The molecule has 2 heterocycles. The first-order valence-corrected chi connectivity index (χ1v) is 7.71. The molecule has 1 amide bonds. The van der Waals surface area contributed by atoms with Crippen LogP contribution in [0.1, 0.15) is 21.7 Å². The highest BCUT2D eigenvalue weighted by Gasteiger charge is 2.12. The number of hydrogen-bond donors (Lipinski definition) is 2. The van der Waals surface area contributed by atoms with E-state index in [4.69, 9.17) is 9.47 Å². The van der Waals surface area contributed by atoms with E-state index in [1.165, 1.54) is 0 Å². The molecule has 3 aromatic rings. The average molecular weight is 338 g/mol. The van der Waals surface area contributed by atoms with E-state index in [-0.39, 0.29) is 12.5 Å². The van der Waals surface area contributed by atoms with Gasteiger partial charge in [-0.15, -0.1) is 0 Å². The van der Waals surface area contributed by atoms with Crippen LogP contribution in [0, 0.1) is 6.92 Å². The van der Waals surface area contributed by atoms with E-state index in [1.807, 2.05) is 31.2 Å². The van der Waals surface area contributed by atoms with Gasteiger partial charge in [-0.25, -0.2) is 4.98 Å². The first kappa shape index (κ1) is 16.5. The first-order chi connectivity index (χ1) is 12.2. The number of aryl methyl sites for hydroxylation is 1. The first-order valence-electron chi connectivity index (χ1n) is 7.71. The molecular weight excluding hydrogens is 320 g/mol. The summed E-state index contributed by atoms with van der Waals surface area (Å²) in [5, 5.41) is 9.49. The Morgan fingerprint density at radius 1 is 1.20 bits per heavy atom. The normalized spacial score (nSPS) is 10.3. The number of aromatic nitrogens is 3. The molecular formula is C18H18N4O3. The molecule has 2 aromatic heterocycles. The van der Waals surface area contributed by atoms with Gasteiger partial charge in [-0.2, -0.15) is 5.10 Å². The van der Waals surface area contributed by atoms with E-state index < -0.39 is 0 Å². The van der Waals surface area contributed by atoms with Gasteiger partial charge in [0.25, 0.3) is 5.91 Å². The molecule has 0 unspecified atom stereocenters. The van der Waals surface area contributed by atoms with Crippen LogP contribution in [-0.4, -0.2) is 28.2 Å². The van der Waals surface area contributed by atoms with Gasteiger partial charge in [0.1, 0.15) is 17.2 Å². The zero-order chi connectivity index (χ0) is 17.6. The van der Waals surface area contributed by atoms with Crippen LogP contribution in [0.3, 0.4) is 0 Å². The minimum Gasteiger partial charge on any atom is -0.497 e. The van der Waals surface area contributed by atoms with E-state index in [1.54, 1.807) is 31.5 Å². The van der Waals surface area contributed by atoms with Crippen LogP contribution >= 0.6 is 0 Å². The molecule has 3 rings (SSSR count). The zero-order valence-electron chi connectivity index (χ0n) is 13.9. The minimum absolute atomic E-state index is 0.263. The molecule has 0 atom stereocenters. The summed E-state index contributed by atoms with van der Waals surface area (Å²) in [6, 6.07) is 12.6. The third-order valence-corrected chi connectivity index (χ3v) is 3.48. The minimum atomic E-state index is -0.263. The predicted molar refractivity (Wildman–Crippen MR) is 91.8 cm³/mol. The van der Waals surface area contributed by atoms with Crippen molar-refractivity contribution in [2.75, 3.05) is 7.11 Å². The zero-order valence-corrected chi connectivity index (χ0v) is 13.9. The molecule has 128 valence electrons. The van der Waals surface area contributed by atoms with Gasteiger partial charge < -0.3 is 14.8 Å². The summed E-state index contributed by atoms with van der Waals surface area (Å²) in [6.45, 7) is 2.11. The number of hydrogen-bond acceptors (Lipinski definition) is 5. The molecule has 0 radical (unpaired) electrons. The highest BCUT2D eigenvalue weighted by atomic mass is 16.5. The Balaban J connectivity index is 1.71. The fourth-order valence-corrected chi connectivity index (χ4v) is 2.23. The van der Waals surface area contributed by atoms with E-state index >= 15 is 0 Å². The van der Waals surface area contributed by atoms with E-state index in [9.17, 15) is 4.79 Å². The number of amides is 1. The molecule has 2 N–H and O–H groups in total. The molecule has 7 nitrogen and oxygen atoms in total. The van der Waals surface area contributed by atoms with Gasteiger partial charge in [0.05, 0.1) is 7.11 Å². The van der Waals surface area contributed by atoms with E-state index in [2.05, 4.69) is 20.5 Å². The molecule has 7 heteroatoms. The van der Waals surface area contributed by atoms with Gasteiger partial charge in [0.2, 0.25) is 5.88 Å². The van der Waals surface area contributed by atoms with Crippen LogP contribution in [-0.2, 0) is 6.54 Å². The van der Waals surface area contributed by atoms with Crippen LogP contribution < -0.4 is 14.8 Å². The Morgan fingerprint density at radius 2 is 2.04 bits per heavy atom. The maximum atomic E-state index is 12.1. The van der Waals surface area contributed by atoms with Crippen molar-refractivity contribution < 1.29 is 14.3 Å². The molecule has 0 saturated carbocycles. The molecule has 0 aliphatic rings. The van der Waals surface area contributed by atoms with Gasteiger partial charge in [-0.3, -0.25) is 9.89 Å². The van der Waals surface area contributed by atoms with Gasteiger partial charge in [-0.05, 0) is 31.2 Å². The fraction of sp³-hybridized carbons (Fsp3) is 0.167. The number of carbonyl (C=O) groups excluding carboxylic acids is 1. The SMILES string of the molecule is COc1cccc(Oc2ncccc2CNC(=O)c2cc(C)[nH]n2)c1. The number of pyridine rings is 1. The number of carbonyl (C=O) groups is 1. The molecule has 0 aliphatic heterocycles. The Morgan fingerprint density at radius 3 is 2.80 bits per heavy atom. The summed E-state index contributed by atoms with van der Waals surface area (Å²) in [4.78, 5) is 16.4. The van der Waals surface area contributed by atoms with Crippen molar-refractivity contribution in [3.05, 3.63) is 65.6 Å². The molecule has 0 bridgehead atoms. The van der Waals surface area contributed by atoms with Crippen molar-refractivity contribution in [2.24, 2.45) is 0 Å². The lowest BCUT2D eigenvalue weighted by atomic mass is 10.2. The van der Waals surface area contributed by atoms with Crippen LogP contribution in [0.15, 0.2) is 48.7 Å². The van der Waals surface area contributed by atoms with Crippen molar-refractivity contribution in [1.29, 1.82) is 0 Å². The van der Waals surface area contributed by atoms with Crippen molar-refractivity contribution in [1.82, 2.24) is 20.5 Å². The highest BCUT2D eigenvalue weighted by Crippen LogP contribution is 2.26. The largest absolute Gasteiger partial charge is 0.497 e. The summed E-state index contributed by atoms with van der Waals surface area (Å²) < 4.78 is 11.0. The smallest absolute Gasteiger partial charge is 0.272 e. The van der Waals surface area contributed by atoms with E-state index in [0.29, 0.717) is 23.1 Å². The topological polar surface area (TPSA) is 89.1 Å². The van der Waals surface area contributed by atoms with Gasteiger partial charge in [0, 0.05) is 30.1 Å². The van der Waals surface area contributed by atoms with E-state index in [0.717, 1.165) is 11.3 Å². The highest BCUT2D eigenvalue weighted by molar-refractivity contribution is 5.92. The molecule has 0 aliphatic carbocycles. The number of ether oxygens (including phenoxy) is 2. The fourth-order valence-electron chi connectivity index (χ4n) is 2.23. The van der Waals surface area contributed by atoms with Crippen LogP contribution in [0.4, 0.5) is 0 Å². The molecule has 25 heavy (non-hydrogen) atoms. The van der Waals surface area contributed by atoms with Gasteiger partial charge in [0.15, 0.2) is 0 Å². The lowest BCUT2D eigenvalue weighted by Gasteiger charge is -2.11. The maximum absolute atomic E-state index is 12.1. The van der Waals surface area contributed by atoms with Crippen molar-refractivity contribution in [3.63, 3.8) is 0 Å². The van der Waals surface area contributed by atoms with Crippen LogP contribution in [0.2, 0.25) is 0 Å². The summed E-state index contributed by atoms with van der Waals surface area (Å²) in [5.41, 5.74) is 1.93. The Kier molecular flexibility index (Phi) is 4.94. The Bertz CT molecular complexity index is 876. The van der Waals surface area contributed by atoms with Crippen LogP contribution in [0.25, 0.3) is 0 Å². The molecule has 0 spiro atoms. The lowest BCUT2D eigenvalue weighted by molar-refractivity contribution is 0.0945. The number of benzene rings is 1. The summed E-state index contributed by atoms with van der Waals surface area (Å²) in [5.74, 6) is 1.46. The molecule has 0 fully saturated rings. The summed E-state index contributed by atoms with van der Waals surface area (Å²) in [7, 11) is 1.59. The number of aromatic amines is 1. The Hall–Kier alpha value is -3.35. The van der Waals surface area contributed by atoms with Crippen molar-refractivity contribution >= 4 is 5.91 Å². The van der Waals surface area contributed by atoms with Gasteiger partial charge in [-0.1, -0.05) is 12.1 Å². The summed E-state index contributed by atoms with van der Waals surface area (Å²) >= 11 is 0. The number of nitrogens with zero attached hydrogens (tertiary/aromatic N) is 2. The van der Waals surface area contributed by atoms with Crippen molar-refractivity contribution in [2.45, 2.75) is 13.5 Å². The third kappa shape index (κ3) is 4.14. The second-order valence-electron chi connectivity index (χ2n) is 5.37. The second-order valence-corrected chi connectivity index (χ2v) is 5.37. The second kappa shape index (κ2) is 7.48. The maximum Gasteiger partial charge on any atom is 0.272 e. The van der Waals surface area contributed by atoms with Crippen molar-refractivity contribution in [3.8, 4) is 17.4 Å². The number of nitrogens with one attached hydrogen (secondary N) is 2. The number of rotatable bonds is 6. The molecule has 0 saturated heterocycles. The summed E-state index contributed by atoms with van der Waals surface area (Å²) in [6.07, 6.45) is 1.64. The van der Waals surface area contributed by atoms with Gasteiger partial charge >= 0.3 is 0 Å².